The molecule has 1 aromatic carbocycles. The van der Waals surface area contributed by atoms with E-state index in [1.807, 2.05) is 26.0 Å². The van der Waals surface area contributed by atoms with Crippen LogP contribution in [0.2, 0.25) is 0 Å². The third-order valence-corrected chi connectivity index (χ3v) is 5.40. The van der Waals surface area contributed by atoms with Gasteiger partial charge in [0.05, 0.1) is 4.90 Å². The van der Waals surface area contributed by atoms with E-state index in [0.717, 1.165) is 24.8 Å². The van der Waals surface area contributed by atoms with Crippen LogP contribution in [0.5, 0.6) is 0 Å². The standard InChI is InChI=1S/C16H28N2O2S/c1-5-6-9-12-18(4)21(19,20)16-11-8-7-10-15(16)13-17-14(2)3/h7-8,10-11,14,17H,5-6,9,12-13H2,1-4H3. The van der Waals surface area contributed by atoms with Gasteiger partial charge in [-0.25, -0.2) is 12.7 Å². The van der Waals surface area contributed by atoms with Crippen molar-refractivity contribution in [2.45, 2.75) is 57.5 Å². The average molecular weight is 312 g/mol. The van der Waals surface area contributed by atoms with Crippen LogP contribution in [-0.4, -0.2) is 32.4 Å². The van der Waals surface area contributed by atoms with E-state index in [2.05, 4.69) is 12.2 Å². The van der Waals surface area contributed by atoms with Crippen LogP contribution in [0.15, 0.2) is 29.2 Å². The first-order chi connectivity index (χ1) is 9.89. The number of unbranched alkanes of at least 4 members (excludes halogenated alkanes) is 2. The van der Waals surface area contributed by atoms with E-state index in [1.54, 1.807) is 19.2 Å². The van der Waals surface area contributed by atoms with E-state index in [1.165, 1.54) is 4.31 Å². The Morgan fingerprint density at radius 2 is 1.86 bits per heavy atom. The van der Waals surface area contributed by atoms with Crippen LogP contribution in [0.4, 0.5) is 0 Å². The summed E-state index contributed by atoms with van der Waals surface area (Å²) in [5.74, 6) is 0. The summed E-state index contributed by atoms with van der Waals surface area (Å²) in [4.78, 5) is 0.414. The third-order valence-electron chi connectivity index (χ3n) is 3.44. The first-order valence-corrected chi connectivity index (χ1v) is 9.11. The second-order valence-corrected chi connectivity index (χ2v) is 7.69. The lowest BCUT2D eigenvalue weighted by atomic mass is 10.2. The van der Waals surface area contributed by atoms with Gasteiger partial charge < -0.3 is 5.32 Å². The summed E-state index contributed by atoms with van der Waals surface area (Å²) in [6.45, 7) is 7.35. The molecule has 1 rings (SSSR count). The molecule has 0 radical (unpaired) electrons. The number of sulfonamides is 1. The zero-order valence-electron chi connectivity index (χ0n) is 13.6. The SMILES string of the molecule is CCCCCN(C)S(=O)(=O)c1ccccc1CNC(C)C. The van der Waals surface area contributed by atoms with Crippen LogP contribution in [0.1, 0.15) is 45.6 Å². The largest absolute Gasteiger partial charge is 0.310 e. The highest BCUT2D eigenvalue weighted by Gasteiger charge is 2.23. The number of benzene rings is 1. The fourth-order valence-electron chi connectivity index (χ4n) is 2.09. The quantitative estimate of drug-likeness (QED) is 0.713. The number of nitrogens with zero attached hydrogens (tertiary/aromatic N) is 1. The maximum Gasteiger partial charge on any atom is 0.243 e. The van der Waals surface area contributed by atoms with Crippen molar-refractivity contribution in [3.8, 4) is 0 Å². The molecule has 0 aliphatic carbocycles. The van der Waals surface area contributed by atoms with Gasteiger partial charge in [-0.15, -0.1) is 0 Å². The van der Waals surface area contributed by atoms with Crippen LogP contribution < -0.4 is 5.32 Å². The van der Waals surface area contributed by atoms with E-state index in [-0.39, 0.29) is 0 Å². The Morgan fingerprint density at radius 3 is 2.48 bits per heavy atom. The van der Waals surface area contributed by atoms with Crippen molar-refractivity contribution in [1.29, 1.82) is 0 Å². The van der Waals surface area contributed by atoms with Crippen molar-refractivity contribution in [1.82, 2.24) is 9.62 Å². The van der Waals surface area contributed by atoms with Crippen LogP contribution in [0.25, 0.3) is 0 Å². The first kappa shape index (κ1) is 18.1. The minimum Gasteiger partial charge on any atom is -0.310 e. The van der Waals surface area contributed by atoms with Crippen molar-refractivity contribution in [2.75, 3.05) is 13.6 Å². The minimum atomic E-state index is -3.40. The van der Waals surface area contributed by atoms with E-state index < -0.39 is 10.0 Å². The van der Waals surface area contributed by atoms with Crippen LogP contribution in [0.3, 0.4) is 0 Å². The Bertz CT molecular complexity index is 527. The van der Waals surface area contributed by atoms with E-state index in [0.29, 0.717) is 24.0 Å². The fourth-order valence-corrected chi connectivity index (χ4v) is 3.52. The van der Waals surface area contributed by atoms with Crippen molar-refractivity contribution in [3.05, 3.63) is 29.8 Å². The minimum absolute atomic E-state index is 0.322. The summed E-state index contributed by atoms with van der Waals surface area (Å²) < 4.78 is 26.8. The lowest BCUT2D eigenvalue weighted by molar-refractivity contribution is 0.453. The summed E-state index contributed by atoms with van der Waals surface area (Å²) in [7, 11) is -1.74. The van der Waals surface area contributed by atoms with Crippen molar-refractivity contribution >= 4 is 10.0 Å². The molecule has 0 spiro atoms. The molecule has 0 aromatic heterocycles. The molecule has 5 heteroatoms. The molecule has 0 amide bonds. The second kappa shape index (κ2) is 8.51. The number of nitrogens with one attached hydrogen (secondary N) is 1. The summed E-state index contributed by atoms with van der Waals surface area (Å²) in [6, 6.07) is 7.56. The molecule has 0 aliphatic rings. The van der Waals surface area contributed by atoms with Gasteiger partial charge in [-0.1, -0.05) is 51.8 Å². The zero-order chi connectivity index (χ0) is 15.9. The Labute approximate surface area is 129 Å². The predicted molar refractivity (Wildman–Crippen MR) is 87.8 cm³/mol. The Hall–Kier alpha value is -0.910. The van der Waals surface area contributed by atoms with E-state index >= 15 is 0 Å². The monoisotopic (exact) mass is 312 g/mol. The van der Waals surface area contributed by atoms with E-state index in [4.69, 9.17) is 0 Å². The summed E-state index contributed by atoms with van der Waals surface area (Å²) >= 11 is 0. The van der Waals surface area contributed by atoms with Crippen LogP contribution >= 0.6 is 0 Å². The van der Waals surface area contributed by atoms with Crippen LogP contribution in [0, 0.1) is 0 Å². The molecular formula is C16H28N2O2S. The van der Waals surface area contributed by atoms with Gasteiger partial charge in [-0.3, -0.25) is 0 Å². The van der Waals surface area contributed by atoms with Gasteiger partial charge in [-0.05, 0) is 18.1 Å². The van der Waals surface area contributed by atoms with Gasteiger partial charge in [0.1, 0.15) is 0 Å². The number of hydrogen-bond acceptors (Lipinski definition) is 3. The highest BCUT2D eigenvalue weighted by Crippen LogP contribution is 2.20. The fraction of sp³-hybridized carbons (Fsp3) is 0.625. The number of hydrogen-bond donors (Lipinski definition) is 1. The maximum atomic E-state index is 12.7. The smallest absolute Gasteiger partial charge is 0.243 e. The zero-order valence-corrected chi connectivity index (χ0v) is 14.4. The molecule has 1 N–H and O–H groups in total. The van der Waals surface area contributed by atoms with Gasteiger partial charge in [0.15, 0.2) is 0 Å². The predicted octanol–water partition coefficient (Wildman–Crippen LogP) is 3.00. The molecule has 0 fully saturated rings. The topological polar surface area (TPSA) is 49.4 Å². The first-order valence-electron chi connectivity index (χ1n) is 7.67. The lowest BCUT2D eigenvalue weighted by Crippen LogP contribution is -2.30. The molecule has 0 bridgehead atoms. The molecule has 1 aromatic rings. The molecule has 0 atom stereocenters. The molecule has 0 saturated carbocycles. The molecule has 0 unspecified atom stereocenters. The molecule has 0 heterocycles. The number of rotatable bonds is 9. The molecule has 0 aliphatic heterocycles. The maximum absolute atomic E-state index is 12.7. The molecular weight excluding hydrogens is 284 g/mol. The Balaban J connectivity index is 2.91. The van der Waals surface area contributed by atoms with E-state index in [9.17, 15) is 8.42 Å². The Morgan fingerprint density at radius 1 is 1.19 bits per heavy atom. The Kier molecular flexibility index (Phi) is 7.35. The van der Waals surface area contributed by atoms with Gasteiger partial charge in [0.2, 0.25) is 10.0 Å². The highest BCUT2D eigenvalue weighted by molar-refractivity contribution is 7.89. The highest BCUT2D eigenvalue weighted by atomic mass is 32.2. The molecule has 21 heavy (non-hydrogen) atoms. The van der Waals surface area contributed by atoms with Gasteiger partial charge in [0, 0.05) is 26.2 Å². The van der Waals surface area contributed by atoms with Gasteiger partial charge >= 0.3 is 0 Å². The van der Waals surface area contributed by atoms with Crippen molar-refractivity contribution < 1.29 is 8.42 Å². The van der Waals surface area contributed by atoms with Crippen LogP contribution in [-0.2, 0) is 16.6 Å². The van der Waals surface area contributed by atoms with Gasteiger partial charge in [-0.2, -0.15) is 0 Å². The van der Waals surface area contributed by atoms with Gasteiger partial charge in [0.25, 0.3) is 0 Å². The molecule has 4 nitrogen and oxygen atoms in total. The lowest BCUT2D eigenvalue weighted by Gasteiger charge is -2.20. The normalized spacial score (nSPS) is 12.3. The third kappa shape index (κ3) is 5.41. The summed E-state index contributed by atoms with van der Waals surface area (Å²) in [5.41, 5.74) is 0.827. The average Bonchev–Trinajstić information content (AvgIpc) is 2.45. The van der Waals surface area contributed by atoms with Crippen molar-refractivity contribution in [2.24, 2.45) is 0 Å². The summed E-state index contributed by atoms with van der Waals surface area (Å²) in [6.07, 6.45) is 3.04. The second-order valence-electron chi connectivity index (χ2n) is 5.68. The molecule has 0 saturated heterocycles. The van der Waals surface area contributed by atoms with Crippen molar-refractivity contribution in [3.63, 3.8) is 0 Å². The summed E-state index contributed by atoms with van der Waals surface area (Å²) in [5, 5.41) is 3.28. The molecule has 120 valence electrons.